The summed E-state index contributed by atoms with van der Waals surface area (Å²) in [6.07, 6.45) is -4.71. The predicted octanol–water partition coefficient (Wildman–Crippen LogP) is 3.69. The largest absolute Gasteiger partial charge is 0.459 e. The first-order chi connectivity index (χ1) is 37.7. The van der Waals surface area contributed by atoms with E-state index >= 15 is 8.78 Å². The van der Waals surface area contributed by atoms with E-state index in [9.17, 15) is 45.0 Å². The zero-order chi connectivity index (χ0) is 60.8. The van der Waals surface area contributed by atoms with Gasteiger partial charge in [0.15, 0.2) is 29.6 Å². The Labute approximate surface area is 485 Å². The molecule has 2 unspecified atom stereocenters. The number of hydrogen-bond acceptors (Lipinski definition) is 18. The number of esters is 1. The number of alkyl halides is 2. The van der Waals surface area contributed by atoms with Gasteiger partial charge >= 0.3 is 5.97 Å². The zero-order valence-corrected chi connectivity index (χ0v) is 51.4. The van der Waals surface area contributed by atoms with Crippen molar-refractivity contribution < 1.29 is 92.8 Å². The normalized spacial score (nSPS) is 43.9. The molecule has 20 nitrogen and oxygen atoms in total. The summed E-state index contributed by atoms with van der Waals surface area (Å²) in [4.78, 5) is 43.0. The summed E-state index contributed by atoms with van der Waals surface area (Å²) in [5.41, 5.74) is -9.43. The van der Waals surface area contributed by atoms with Crippen LogP contribution in [0.15, 0.2) is 23.8 Å². The number of nitrogens with zero attached hydrogens (tertiary/aromatic N) is 1. The minimum Gasteiger partial charge on any atom is -0.459 e. The van der Waals surface area contributed by atoms with E-state index in [4.69, 9.17) is 33.5 Å². The van der Waals surface area contributed by atoms with E-state index in [2.05, 4.69) is 10.6 Å². The summed E-state index contributed by atoms with van der Waals surface area (Å²) < 4.78 is 69.6. The van der Waals surface area contributed by atoms with E-state index in [1.807, 2.05) is 32.8 Å². The highest BCUT2D eigenvalue weighted by Crippen LogP contribution is 2.71. The van der Waals surface area contributed by atoms with Crippen molar-refractivity contribution >= 4 is 17.7 Å². The summed E-state index contributed by atoms with van der Waals surface area (Å²) in [6, 6.07) is -0.692. The van der Waals surface area contributed by atoms with Crippen molar-refractivity contribution in [1.82, 2.24) is 15.5 Å². The Kier molecular flexibility index (Phi) is 25.7. The molecule has 3 aliphatic heterocycles. The Hall–Kier alpha value is -2.65. The van der Waals surface area contributed by atoms with Gasteiger partial charge < -0.3 is 80.3 Å². The summed E-state index contributed by atoms with van der Waals surface area (Å²) in [6.45, 7) is 19.8. The molecule has 0 bridgehead atoms. The first kappa shape index (κ1) is 71.8. The van der Waals surface area contributed by atoms with Gasteiger partial charge in [0.2, 0.25) is 0 Å². The molecule has 4 aliphatic carbocycles. The number of aliphatic hydroxyl groups is 7. The van der Waals surface area contributed by atoms with E-state index in [1.54, 1.807) is 55.4 Å². The second-order valence-corrected chi connectivity index (χ2v) is 26.0. The molecular formula is C60H105F2N3O17. The molecule has 6 fully saturated rings. The fraction of sp³-hybridized carbons (Fsp3) is 0.883. The molecular weight excluding hydrogens is 1070 g/mol. The van der Waals surface area contributed by atoms with Gasteiger partial charge in [0.1, 0.15) is 24.5 Å². The molecule has 0 aromatic carbocycles. The summed E-state index contributed by atoms with van der Waals surface area (Å²) >= 11 is 0. The molecule has 22 heteroatoms. The molecule has 3 saturated carbocycles. The molecule has 0 aromatic rings. The maximum Gasteiger partial charge on any atom is 0.311 e. The fourth-order valence-corrected chi connectivity index (χ4v) is 14.3. The number of allylic oxidation sites excluding steroid dienone is 4. The second-order valence-electron chi connectivity index (χ2n) is 26.0. The van der Waals surface area contributed by atoms with Gasteiger partial charge in [-0.05, 0) is 176 Å². The Bertz CT molecular complexity index is 2130. The van der Waals surface area contributed by atoms with Gasteiger partial charge in [0.05, 0.1) is 60.4 Å². The number of halogens is 2. The van der Waals surface area contributed by atoms with Crippen LogP contribution < -0.4 is 10.6 Å². The maximum atomic E-state index is 18.0. The van der Waals surface area contributed by atoms with Crippen molar-refractivity contribution in [3.8, 4) is 0 Å². The Morgan fingerprint density at radius 2 is 1.55 bits per heavy atom. The third-order valence-corrected chi connectivity index (χ3v) is 19.0. The molecule has 82 heavy (non-hydrogen) atoms. The molecule has 22 atom stereocenters. The SMILES string of the molecule is CC[C@H]1OC(=O)[C@H](C)[C@@H](O[C@@H]2C[C@](C)(OC)[C@H](O)CO2)[C@H](C)C[C@H](O)CCCN(CCCNC(=O)[C@@]2(OC(C)(C)C)[C@H](O)CC3C4C[C@H](F)C5=CC(=O)C=C[C@]5(C)[C@@]4(F)[C@@H](O)C[C@@]32C)[C@H](C)[C@@H](O)[C@@H]1O.CNC.C[C@@H]1CCC[C@H](O)O1.O. The lowest BCUT2D eigenvalue weighted by Crippen LogP contribution is -2.72. The summed E-state index contributed by atoms with van der Waals surface area (Å²) in [5.74, 6) is -4.99. The van der Waals surface area contributed by atoms with Gasteiger partial charge in [-0.25, -0.2) is 8.78 Å². The Balaban J connectivity index is 0.00000109. The number of ketones is 1. The first-order valence-corrected chi connectivity index (χ1v) is 29.8. The zero-order valence-electron chi connectivity index (χ0n) is 51.4. The maximum absolute atomic E-state index is 18.0. The quantitative estimate of drug-likeness (QED) is 0.111. The molecule has 7 rings (SSSR count). The first-order valence-electron chi connectivity index (χ1n) is 29.8. The molecule has 3 heterocycles. The van der Waals surface area contributed by atoms with E-state index in [-0.39, 0.29) is 74.7 Å². The van der Waals surface area contributed by atoms with Crippen LogP contribution in [0.25, 0.3) is 0 Å². The van der Waals surface area contributed by atoms with Crippen LogP contribution in [0.3, 0.4) is 0 Å². The van der Waals surface area contributed by atoms with Gasteiger partial charge in [0.25, 0.3) is 5.91 Å². The number of carbonyl (C=O) groups excluding carboxylic acids is 3. The lowest BCUT2D eigenvalue weighted by molar-refractivity contribution is -0.273. The van der Waals surface area contributed by atoms with Crippen LogP contribution in [-0.2, 0) is 42.8 Å². The monoisotopic (exact) mass is 1180 g/mol. The van der Waals surface area contributed by atoms with Crippen LogP contribution in [0, 0.1) is 34.5 Å². The van der Waals surface area contributed by atoms with Gasteiger partial charge in [-0.2, -0.15) is 0 Å². The standard InChI is InChI=1S/C52H84F2N2O14.C6H12O2.C2H7N.H2O/c1-12-37-43(63)42(62)30(4)56(19-13-15-31(57)21-28(2)44(29(3)45(64)68-37)69-41-26-50(10,66-11)40(61)27-67-41)20-14-18-55-46(65)52(70-47(5,6)7)38(59)24-33-34-23-36(53)35-22-32(58)16-17-48(35,8)51(34,54)39(60)25-49(33,52)9;1-5-3-2-4-6(7)8-5;1-3-2;/h16-17,22,28-31,33-34,36-44,57,59-63H,12-15,18-21,23-27H2,1-11H3,(H,55,65);5-7H,2-4H2,1H3;3H,1-2H3;1H2/t28-,29-,30-,31-,33?,34?,36+,37-,38-,39+,40-,41-,42-,43-,44+,48+,49+,50+,51+,52+;5-,6-;;/m11../s1. The highest BCUT2D eigenvalue weighted by molar-refractivity contribution is 6.01. The summed E-state index contributed by atoms with van der Waals surface area (Å²) in [7, 11) is 5.24. The minimum absolute atomic E-state index is 0. The number of methoxy groups -OCH3 is 1. The number of hydrogen-bond donors (Lipinski definition) is 9. The van der Waals surface area contributed by atoms with Crippen molar-refractivity contribution in [3.63, 3.8) is 0 Å². The number of carbonyl (C=O) groups is 3. The lowest BCUT2D eigenvalue weighted by atomic mass is 9.44. The molecule has 3 saturated heterocycles. The highest BCUT2D eigenvalue weighted by atomic mass is 19.1. The number of amides is 1. The van der Waals surface area contributed by atoms with Gasteiger partial charge in [0, 0.05) is 49.4 Å². The van der Waals surface area contributed by atoms with Crippen molar-refractivity contribution in [3.05, 3.63) is 23.8 Å². The van der Waals surface area contributed by atoms with Crippen molar-refractivity contribution in [2.75, 3.05) is 47.4 Å². The molecule has 11 N–H and O–H groups in total. The number of cyclic esters (lactones) is 1. The number of aliphatic hydroxyl groups excluding tert-OH is 7. The second kappa shape index (κ2) is 29.4. The van der Waals surface area contributed by atoms with E-state index in [0.29, 0.717) is 32.4 Å². The van der Waals surface area contributed by atoms with Crippen molar-refractivity contribution in [1.29, 1.82) is 0 Å². The Morgan fingerprint density at radius 3 is 2.13 bits per heavy atom. The molecule has 476 valence electrons. The average Bonchev–Trinajstić information content (AvgIpc) is 3.71. The molecule has 0 radical (unpaired) electrons. The smallest absolute Gasteiger partial charge is 0.311 e. The van der Waals surface area contributed by atoms with Crippen LogP contribution in [-0.4, -0.2) is 213 Å². The molecule has 7 aliphatic rings. The number of rotatable bonds is 10. The lowest BCUT2D eigenvalue weighted by Gasteiger charge is -2.63. The Morgan fingerprint density at radius 1 is 0.890 bits per heavy atom. The molecule has 1 amide bonds. The fourth-order valence-electron chi connectivity index (χ4n) is 14.3. The van der Waals surface area contributed by atoms with Crippen molar-refractivity contribution in [2.24, 2.45) is 34.5 Å². The van der Waals surface area contributed by atoms with E-state index < -0.39 is 142 Å². The topological polar surface area (TPSA) is 307 Å². The third-order valence-electron chi connectivity index (χ3n) is 19.0. The van der Waals surface area contributed by atoms with Crippen LogP contribution in [0.4, 0.5) is 8.78 Å². The number of ether oxygens (including phenoxy) is 6. The molecule has 0 spiro atoms. The van der Waals surface area contributed by atoms with Crippen LogP contribution >= 0.6 is 0 Å². The van der Waals surface area contributed by atoms with Gasteiger partial charge in [-0.15, -0.1) is 0 Å². The van der Waals surface area contributed by atoms with E-state index in [0.717, 1.165) is 25.3 Å². The van der Waals surface area contributed by atoms with Crippen LogP contribution in [0.2, 0.25) is 0 Å². The predicted molar refractivity (Wildman–Crippen MR) is 302 cm³/mol. The summed E-state index contributed by atoms with van der Waals surface area (Å²) in [5, 5.41) is 83.9. The van der Waals surface area contributed by atoms with Crippen LogP contribution in [0.1, 0.15) is 153 Å². The number of fused-ring (bicyclic) bond motifs is 5. The average molecular weight is 1180 g/mol. The van der Waals surface area contributed by atoms with Gasteiger partial charge in [-0.3, -0.25) is 19.3 Å². The number of nitrogens with one attached hydrogen (secondary N) is 2. The van der Waals surface area contributed by atoms with Crippen molar-refractivity contribution in [2.45, 2.75) is 255 Å². The van der Waals surface area contributed by atoms with Gasteiger partial charge in [-0.1, -0.05) is 26.8 Å². The van der Waals surface area contributed by atoms with Crippen LogP contribution in [0.5, 0.6) is 0 Å². The minimum atomic E-state index is -2.42. The highest BCUT2D eigenvalue weighted by Gasteiger charge is 2.78. The van der Waals surface area contributed by atoms with E-state index in [1.165, 1.54) is 26.2 Å². The third kappa shape index (κ3) is 15.2. The molecule has 0 aromatic heterocycles.